The molecule has 1 rings (SSSR count). The maximum Gasteiger partial charge on any atom is 0.0702 e. The molecule has 13 heavy (non-hydrogen) atoms. The van der Waals surface area contributed by atoms with Crippen molar-refractivity contribution in [2.45, 2.75) is 39.7 Å². The van der Waals surface area contributed by atoms with Crippen LogP contribution in [0.1, 0.15) is 33.6 Å². The molecular weight excluding hydrogens is 162 g/mol. The van der Waals surface area contributed by atoms with Crippen LogP contribution in [0.5, 0.6) is 0 Å². The first-order valence-corrected chi connectivity index (χ1v) is 5.27. The van der Waals surface area contributed by atoms with E-state index in [1.807, 2.05) is 0 Å². The van der Waals surface area contributed by atoms with Crippen molar-refractivity contribution in [2.24, 2.45) is 5.41 Å². The van der Waals surface area contributed by atoms with E-state index in [-0.39, 0.29) is 0 Å². The average Bonchev–Trinajstić information content (AvgIpc) is 2.34. The molecule has 1 atom stereocenters. The van der Waals surface area contributed by atoms with Gasteiger partial charge in [0.15, 0.2) is 0 Å². The van der Waals surface area contributed by atoms with E-state index in [9.17, 15) is 0 Å². The second-order valence-electron chi connectivity index (χ2n) is 5.39. The van der Waals surface area contributed by atoms with Gasteiger partial charge in [-0.05, 0) is 25.3 Å². The largest absolute Gasteiger partial charge is 0.377 e. The molecule has 0 bridgehead atoms. The zero-order chi connectivity index (χ0) is 9.90. The molecule has 1 fully saturated rings. The summed E-state index contributed by atoms with van der Waals surface area (Å²) in [6, 6.07) is 0. The summed E-state index contributed by atoms with van der Waals surface area (Å²) in [7, 11) is 2.19. The van der Waals surface area contributed by atoms with Gasteiger partial charge in [0.2, 0.25) is 0 Å². The molecule has 0 aliphatic carbocycles. The molecule has 0 aromatic carbocycles. The highest BCUT2D eigenvalue weighted by Gasteiger charge is 2.20. The maximum absolute atomic E-state index is 5.60. The first kappa shape index (κ1) is 11.0. The van der Waals surface area contributed by atoms with E-state index in [0.29, 0.717) is 11.5 Å². The molecule has 2 heteroatoms. The highest BCUT2D eigenvalue weighted by molar-refractivity contribution is 4.72. The van der Waals surface area contributed by atoms with Crippen molar-refractivity contribution >= 4 is 0 Å². The summed E-state index contributed by atoms with van der Waals surface area (Å²) < 4.78 is 5.60. The lowest BCUT2D eigenvalue weighted by Crippen LogP contribution is -2.35. The quantitative estimate of drug-likeness (QED) is 0.668. The fourth-order valence-electron chi connectivity index (χ4n) is 2.01. The zero-order valence-electron chi connectivity index (χ0n) is 9.47. The highest BCUT2D eigenvalue weighted by Crippen LogP contribution is 2.17. The van der Waals surface area contributed by atoms with Crippen molar-refractivity contribution in [1.82, 2.24) is 4.90 Å². The summed E-state index contributed by atoms with van der Waals surface area (Å²) in [6.45, 7) is 10.0. The van der Waals surface area contributed by atoms with Crippen molar-refractivity contribution in [3.63, 3.8) is 0 Å². The van der Waals surface area contributed by atoms with Crippen molar-refractivity contribution in [3.8, 4) is 0 Å². The van der Waals surface area contributed by atoms with Gasteiger partial charge < -0.3 is 9.64 Å². The summed E-state index contributed by atoms with van der Waals surface area (Å²) in [5, 5.41) is 0. The van der Waals surface area contributed by atoms with E-state index in [2.05, 4.69) is 32.7 Å². The second kappa shape index (κ2) is 4.43. The standard InChI is InChI=1S/C11H23NO/c1-11(2,3)9-12(4)8-10-6-5-7-13-10/h10H,5-9H2,1-4H3. The Labute approximate surface area is 82.3 Å². The van der Waals surface area contributed by atoms with Gasteiger partial charge in [-0.2, -0.15) is 0 Å². The number of nitrogens with zero attached hydrogens (tertiary/aromatic N) is 1. The van der Waals surface area contributed by atoms with Crippen LogP contribution in [0.4, 0.5) is 0 Å². The highest BCUT2D eigenvalue weighted by atomic mass is 16.5. The Balaban J connectivity index is 2.20. The minimum absolute atomic E-state index is 0.396. The van der Waals surface area contributed by atoms with E-state index >= 15 is 0 Å². The Hall–Kier alpha value is -0.0800. The lowest BCUT2D eigenvalue weighted by atomic mass is 9.96. The van der Waals surface area contributed by atoms with Gasteiger partial charge in [0.25, 0.3) is 0 Å². The fraction of sp³-hybridized carbons (Fsp3) is 1.00. The normalized spacial score (nSPS) is 24.2. The molecule has 0 N–H and O–H groups in total. The monoisotopic (exact) mass is 185 g/mol. The third-order valence-electron chi connectivity index (χ3n) is 2.28. The Morgan fingerprint density at radius 2 is 2.08 bits per heavy atom. The van der Waals surface area contributed by atoms with E-state index in [1.165, 1.54) is 12.8 Å². The summed E-state index contributed by atoms with van der Waals surface area (Å²) in [6.07, 6.45) is 2.98. The van der Waals surface area contributed by atoms with E-state index in [1.54, 1.807) is 0 Å². The Bertz CT molecular complexity index is 145. The van der Waals surface area contributed by atoms with Crippen LogP contribution in [0.15, 0.2) is 0 Å². The Kier molecular flexibility index (Phi) is 3.74. The SMILES string of the molecule is CN(CC1CCCO1)CC(C)(C)C. The van der Waals surface area contributed by atoms with E-state index in [4.69, 9.17) is 4.74 Å². The van der Waals surface area contributed by atoms with Crippen molar-refractivity contribution in [3.05, 3.63) is 0 Å². The molecule has 0 spiro atoms. The molecule has 0 aromatic rings. The molecule has 0 saturated carbocycles. The first-order valence-electron chi connectivity index (χ1n) is 5.27. The molecule has 1 aliphatic heterocycles. The van der Waals surface area contributed by atoms with Gasteiger partial charge in [-0.15, -0.1) is 0 Å². The lowest BCUT2D eigenvalue weighted by molar-refractivity contribution is 0.0716. The van der Waals surface area contributed by atoms with E-state index < -0.39 is 0 Å². The van der Waals surface area contributed by atoms with Gasteiger partial charge in [0.05, 0.1) is 6.10 Å². The molecule has 0 aromatic heterocycles. The maximum atomic E-state index is 5.60. The second-order valence-corrected chi connectivity index (χ2v) is 5.39. The van der Waals surface area contributed by atoms with Crippen LogP contribution in [0, 0.1) is 5.41 Å². The predicted molar refractivity (Wildman–Crippen MR) is 55.9 cm³/mol. The van der Waals surface area contributed by atoms with Crippen LogP contribution in [0.3, 0.4) is 0 Å². The molecule has 2 nitrogen and oxygen atoms in total. The number of ether oxygens (including phenoxy) is 1. The molecule has 0 radical (unpaired) electrons. The smallest absolute Gasteiger partial charge is 0.0702 e. The fourth-order valence-corrected chi connectivity index (χ4v) is 2.01. The molecule has 1 unspecified atom stereocenters. The number of rotatable bonds is 3. The van der Waals surface area contributed by atoms with Gasteiger partial charge in [0.1, 0.15) is 0 Å². The van der Waals surface area contributed by atoms with Crippen LogP contribution in [0.2, 0.25) is 0 Å². The predicted octanol–water partition coefficient (Wildman–Crippen LogP) is 2.14. The third-order valence-corrected chi connectivity index (χ3v) is 2.28. The Morgan fingerprint density at radius 3 is 2.54 bits per heavy atom. The first-order chi connectivity index (χ1) is 5.97. The molecule has 1 aliphatic rings. The minimum Gasteiger partial charge on any atom is -0.377 e. The number of hydrogen-bond acceptors (Lipinski definition) is 2. The lowest BCUT2D eigenvalue weighted by Gasteiger charge is -2.28. The molecule has 1 heterocycles. The zero-order valence-corrected chi connectivity index (χ0v) is 9.47. The third kappa shape index (κ3) is 4.63. The van der Waals surface area contributed by atoms with Gasteiger partial charge in [-0.3, -0.25) is 0 Å². The topological polar surface area (TPSA) is 12.5 Å². The average molecular weight is 185 g/mol. The number of hydrogen-bond donors (Lipinski definition) is 0. The van der Waals surface area contributed by atoms with Gasteiger partial charge >= 0.3 is 0 Å². The van der Waals surface area contributed by atoms with Crippen LogP contribution < -0.4 is 0 Å². The molecule has 78 valence electrons. The van der Waals surface area contributed by atoms with Gasteiger partial charge in [-0.25, -0.2) is 0 Å². The summed E-state index contributed by atoms with van der Waals surface area (Å²) in [5.74, 6) is 0. The van der Waals surface area contributed by atoms with Crippen LogP contribution in [-0.4, -0.2) is 37.7 Å². The van der Waals surface area contributed by atoms with E-state index in [0.717, 1.165) is 19.7 Å². The van der Waals surface area contributed by atoms with Crippen molar-refractivity contribution < 1.29 is 4.74 Å². The van der Waals surface area contributed by atoms with Crippen LogP contribution >= 0.6 is 0 Å². The van der Waals surface area contributed by atoms with Crippen molar-refractivity contribution in [2.75, 3.05) is 26.7 Å². The Morgan fingerprint density at radius 1 is 1.38 bits per heavy atom. The van der Waals surface area contributed by atoms with Crippen molar-refractivity contribution in [1.29, 1.82) is 0 Å². The summed E-state index contributed by atoms with van der Waals surface area (Å²) >= 11 is 0. The van der Waals surface area contributed by atoms with Crippen LogP contribution in [0.25, 0.3) is 0 Å². The van der Waals surface area contributed by atoms with Gasteiger partial charge in [0, 0.05) is 19.7 Å². The van der Waals surface area contributed by atoms with Gasteiger partial charge in [-0.1, -0.05) is 20.8 Å². The van der Waals surface area contributed by atoms with Crippen LogP contribution in [-0.2, 0) is 4.74 Å². The number of likely N-dealkylation sites (N-methyl/N-ethyl adjacent to an activating group) is 1. The molecule has 0 amide bonds. The minimum atomic E-state index is 0.396. The molecular formula is C11H23NO. The summed E-state index contributed by atoms with van der Waals surface area (Å²) in [4.78, 5) is 2.38. The summed E-state index contributed by atoms with van der Waals surface area (Å²) in [5.41, 5.74) is 0.396. The molecule has 1 saturated heterocycles.